The lowest BCUT2D eigenvalue weighted by Crippen LogP contribution is -2.55. The summed E-state index contributed by atoms with van der Waals surface area (Å²) in [6, 6.07) is 7.74. The van der Waals surface area contributed by atoms with Gasteiger partial charge < -0.3 is 20.4 Å². The van der Waals surface area contributed by atoms with Crippen LogP contribution in [0, 0.1) is 11.3 Å². The van der Waals surface area contributed by atoms with E-state index in [1.807, 2.05) is 25.1 Å². The van der Waals surface area contributed by atoms with Crippen molar-refractivity contribution in [2.75, 3.05) is 18.9 Å². The summed E-state index contributed by atoms with van der Waals surface area (Å²) in [5, 5.41) is 15.4. The Morgan fingerprint density at radius 2 is 2.00 bits per heavy atom. The van der Waals surface area contributed by atoms with Crippen molar-refractivity contribution in [3.63, 3.8) is 0 Å². The van der Waals surface area contributed by atoms with Crippen LogP contribution in [0.3, 0.4) is 0 Å². The van der Waals surface area contributed by atoms with Crippen molar-refractivity contribution in [1.82, 2.24) is 15.1 Å². The standard InChI is InChI=1S/C25H33N5O4/c1-6-7-12-19(29(5)22(33)20(31)28-24(2,3)4)21(32)30-15-25(13-16(30)14-26)17-10-8-9-11-18(17)27-23(25)34/h8-11,16,19H,6-7,12-13,15H2,1-5H3,(H,27,34)(H,28,31)/t16-,19-,25-/m0/s1. The van der Waals surface area contributed by atoms with Crippen molar-refractivity contribution in [2.24, 2.45) is 0 Å². The van der Waals surface area contributed by atoms with Crippen LogP contribution >= 0.6 is 0 Å². The molecule has 1 aromatic rings. The average molecular weight is 468 g/mol. The Bertz CT molecular complexity index is 1040. The summed E-state index contributed by atoms with van der Waals surface area (Å²) in [5.41, 5.74) is -0.150. The number of benzene rings is 1. The molecule has 34 heavy (non-hydrogen) atoms. The second kappa shape index (κ2) is 9.45. The Kier molecular flexibility index (Phi) is 7.01. The molecular formula is C25H33N5O4. The maximum atomic E-state index is 13.8. The molecule has 2 aliphatic rings. The van der Waals surface area contributed by atoms with Gasteiger partial charge in [-0.2, -0.15) is 5.26 Å². The number of carbonyl (C=O) groups is 4. The summed E-state index contributed by atoms with van der Waals surface area (Å²) < 4.78 is 0. The highest BCUT2D eigenvalue weighted by Gasteiger charge is 2.56. The Morgan fingerprint density at radius 1 is 1.32 bits per heavy atom. The first kappa shape index (κ1) is 25.2. The second-order valence-corrected chi connectivity index (χ2v) is 10.2. The molecule has 2 aliphatic heterocycles. The third-order valence-electron chi connectivity index (χ3n) is 6.50. The van der Waals surface area contributed by atoms with Crippen molar-refractivity contribution in [3.05, 3.63) is 29.8 Å². The van der Waals surface area contributed by atoms with Gasteiger partial charge in [0.15, 0.2) is 0 Å². The number of anilines is 1. The van der Waals surface area contributed by atoms with E-state index < -0.39 is 40.8 Å². The van der Waals surface area contributed by atoms with Gasteiger partial charge in [-0.3, -0.25) is 19.2 Å². The van der Waals surface area contributed by atoms with Gasteiger partial charge in [-0.15, -0.1) is 0 Å². The molecule has 1 saturated heterocycles. The molecule has 182 valence electrons. The Morgan fingerprint density at radius 3 is 2.62 bits per heavy atom. The van der Waals surface area contributed by atoms with Crippen LogP contribution in [0.2, 0.25) is 0 Å². The third-order valence-corrected chi connectivity index (χ3v) is 6.50. The number of likely N-dealkylation sites (N-methyl/N-ethyl adjacent to an activating group) is 1. The number of carbonyl (C=O) groups excluding carboxylic acids is 4. The topological polar surface area (TPSA) is 123 Å². The van der Waals surface area contributed by atoms with Crippen LogP contribution in [0.4, 0.5) is 5.69 Å². The molecule has 4 amide bonds. The number of para-hydroxylation sites is 1. The maximum Gasteiger partial charge on any atom is 0.312 e. The van der Waals surface area contributed by atoms with E-state index in [1.54, 1.807) is 26.8 Å². The van der Waals surface area contributed by atoms with Crippen molar-refractivity contribution >= 4 is 29.3 Å². The lowest BCUT2D eigenvalue weighted by Gasteiger charge is -2.32. The van der Waals surface area contributed by atoms with Gasteiger partial charge in [-0.25, -0.2) is 0 Å². The SMILES string of the molecule is CCCC[C@@H](C(=O)N1C[C@]2(C[C@H]1C#N)C(=O)Nc1ccccc12)N(C)C(=O)C(=O)NC(C)(C)C. The molecule has 0 unspecified atom stereocenters. The number of nitrogens with zero attached hydrogens (tertiary/aromatic N) is 3. The van der Waals surface area contributed by atoms with Gasteiger partial charge in [0, 0.05) is 31.2 Å². The van der Waals surface area contributed by atoms with E-state index in [1.165, 1.54) is 16.8 Å². The quantitative estimate of drug-likeness (QED) is 0.641. The fourth-order valence-electron chi connectivity index (χ4n) is 4.75. The molecule has 0 saturated carbocycles. The number of nitrogens with one attached hydrogen (secondary N) is 2. The molecule has 1 spiro atoms. The van der Waals surface area contributed by atoms with E-state index in [0.717, 1.165) is 12.0 Å². The highest BCUT2D eigenvalue weighted by molar-refractivity contribution is 6.35. The van der Waals surface area contributed by atoms with Crippen LogP contribution in [0.25, 0.3) is 0 Å². The van der Waals surface area contributed by atoms with Gasteiger partial charge in [-0.05, 0) is 38.8 Å². The van der Waals surface area contributed by atoms with Gasteiger partial charge in [-0.1, -0.05) is 38.0 Å². The van der Waals surface area contributed by atoms with Crippen molar-refractivity contribution < 1.29 is 19.2 Å². The van der Waals surface area contributed by atoms with Crippen molar-refractivity contribution in [3.8, 4) is 6.07 Å². The predicted molar refractivity (Wildman–Crippen MR) is 126 cm³/mol. The fraction of sp³-hybridized carbons (Fsp3) is 0.560. The van der Waals surface area contributed by atoms with Gasteiger partial charge in [0.1, 0.15) is 12.1 Å². The molecule has 3 rings (SSSR count). The van der Waals surface area contributed by atoms with Gasteiger partial charge >= 0.3 is 11.8 Å². The number of fused-ring (bicyclic) bond motifs is 2. The zero-order valence-electron chi connectivity index (χ0n) is 20.5. The summed E-state index contributed by atoms with van der Waals surface area (Å²) in [7, 11) is 1.44. The molecule has 9 heteroatoms. The number of hydrogen-bond donors (Lipinski definition) is 2. The molecule has 9 nitrogen and oxygen atoms in total. The van der Waals surface area contributed by atoms with Gasteiger partial charge in [0.25, 0.3) is 0 Å². The Labute approximate surface area is 200 Å². The zero-order chi connectivity index (χ0) is 25.3. The second-order valence-electron chi connectivity index (χ2n) is 10.2. The monoisotopic (exact) mass is 467 g/mol. The molecule has 0 aliphatic carbocycles. The Hall–Kier alpha value is -3.41. The molecule has 0 radical (unpaired) electrons. The van der Waals surface area contributed by atoms with E-state index in [0.29, 0.717) is 18.5 Å². The highest BCUT2D eigenvalue weighted by atomic mass is 16.2. The highest BCUT2D eigenvalue weighted by Crippen LogP contribution is 2.46. The minimum Gasteiger partial charge on any atom is -0.343 e. The molecule has 2 heterocycles. The summed E-state index contributed by atoms with van der Waals surface area (Å²) >= 11 is 0. The molecule has 1 aromatic carbocycles. The largest absolute Gasteiger partial charge is 0.343 e. The Balaban J connectivity index is 1.89. The van der Waals surface area contributed by atoms with Crippen molar-refractivity contribution in [2.45, 2.75) is 76.4 Å². The number of hydrogen-bond acceptors (Lipinski definition) is 5. The van der Waals surface area contributed by atoms with E-state index in [-0.39, 0.29) is 18.9 Å². The van der Waals surface area contributed by atoms with Crippen LogP contribution in [0.15, 0.2) is 24.3 Å². The normalized spacial score (nSPS) is 22.1. The number of likely N-dealkylation sites (tertiary alicyclic amines) is 1. The van der Waals surface area contributed by atoms with Crippen LogP contribution in [-0.2, 0) is 24.6 Å². The first-order chi connectivity index (χ1) is 15.9. The molecule has 1 fully saturated rings. The van der Waals surface area contributed by atoms with E-state index in [2.05, 4.69) is 16.7 Å². The summed E-state index contributed by atoms with van der Waals surface area (Å²) in [6.45, 7) is 7.32. The summed E-state index contributed by atoms with van der Waals surface area (Å²) in [4.78, 5) is 54.7. The lowest BCUT2D eigenvalue weighted by molar-refractivity contribution is -0.151. The predicted octanol–water partition coefficient (Wildman–Crippen LogP) is 1.93. The molecular weight excluding hydrogens is 434 g/mol. The van der Waals surface area contributed by atoms with Crippen LogP contribution in [0.5, 0.6) is 0 Å². The molecule has 0 aromatic heterocycles. The first-order valence-corrected chi connectivity index (χ1v) is 11.7. The van der Waals surface area contributed by atoms with Crippen LogP contribution in [0.1, 0.15) is 58.9 Å². The molecule has 0 bridgehead atoms. The van der Waals surface area contributed by atoms with E-state index in [9.17, 15) is 24.4 Å². The number of amides is 4. The van der Waals surface area contributed by atoms with Crippen molar-refractivity contribution in [1.29, 1.82) is 5.26 Å². The minimum absolute atomic E-state index is 0.0474. The third kappa shape index (κ3) is 4.63. The van der Waals surface area contributed by atoms with E-state index in [4.69, 9.17) is 0 Å². The fourth-order valence-corrected chi connectivity index (χ4v) is 4.75. The molecule has 3 atom stereocenters. The van der Waals surface area contributed by atoms with E-state index >= 15 is 0 Å². The maximum absolute atomic E-state index is 13.8. The lowest BCUT2D eigenvalue weighted by atomic mass is 9.80. The minimum atomic E-state index is -1.01. The van der Waals surface area contributed by atoms with Gasteiger partial charge in [0.05, 0.1) is 11.5 Å². The average Bonchev–Trinajstić information content (AvgIpc) is 3.30. The smallest absolute Gasteiger partial charge is 0.312 e. The van der Waals surface area contributed by atoms with Crippen LogP contribution < -0.4 is 10.6 Å². The molecule has 2 N–H and O–H groups in total. The summed E-state index contributed by atoms with van der Waals surface area (Å²) in [6.07, 6.45) is 1.99. The first-order valence-electron chi connectivity index (χ1n) is 11.7. The van der Waals surface area contributed by atoms with Crippen LogP contribution in [-0.4, -0.2) is 64.6 Å². The number of unbranched alkanes of at least 4 members (excludes halogenated alkanes) is 1. The van der Waals surface area contributed by atoms with Gasteiger partial charge in [0.2, 0.25) is 11.8 Å². The number of rotatable bonds is 5. The zero-order valence-corrected chi connectivity index (χ0v) is 20.5. The number of nitriles is 1. The summed E-state index contributed by atoms with van der Waals surface area (Å²) in [5.74, 6) is -2.25.